The van der Waals surface area contributed by atoms with Crippen molar-refractivity contribution < 1.29 is 5.11 Å². The monoisotopic (exact) mass is 309 g/mol. The van der Waals surface area contributed by atoms with Gasteiger partial charge in [0.15, 0.2) is 0 Å². The lowest BCUT2D eigenvalue weighted by Gasteiger charge is -2.17. The van der Waals surface area contributed by atoms with E-state index in [1.807, 2.05) is 37.0 Å². The highest BCUT2D eigenvalue weighted by Crippen LogP contribution is 2.23. The van der Waals surface area contributed by atoms with Crippen molar-refractivity contribution in [2.45, 2.75) is 13.1 Å². The number of aromatic hydroxyl groups is 1. The maximum absolute atomic E-state index is 9.80. The first-order valence-electron chi connectivity index (χ1n) is 5.68. The van der Waals surface area contributed by atoms with Crippen molar-refractivity contribution in [1.29, 1.82) is 0 Å². The Morgan fingerprint density at radius 3 is 2.83 bits per heavy atom. The number of rotatable bonds is 4. The fourth-order valence-corrected chi connectivity index (χ4v) is 2.23. The quantitative estimate of drug-likeness (QED) is 0.943. The summed E-state index contributed by atoms with van der Waals surface area (Å²) in [6.45, 7) is 1.42. The molecule has 1 heterocycles. The zero-order valence-corrected chi connectivity index (χ0v) is 12.1. The second-order valence-electron chi connectivity index (χ2n) is 4.40. The maximum Gasteiger partial charge on any atom is 0.122 e. The number of hydrogen-bond donors (Lipinski definition) is 1. The van der Waals surface area contributed by atoms with Crippen LogP contribution in [0, 0.1) is 0 Å². The van der Waals surface area contributed by atoms with Crippen LogP contribution in [-0.4, -0.2) is 26.6 Å². The molecule has 18 heavy (non-hydrogen) atoms. The molecule has 1 aromatic carbocycles. The van der Waals surface area contributed by atoms with Gasteiger partial charge in [0.25, 0.3) is 0 Å². The number of benzene rings is 1. The molecule has 0 atom stereocenters. The standard InChI is InChI=1S/C13H16BrN3O/c1-16(9-13-15-5-6-17(13)2)8-10-7-11(14)3-4-12(10)18/h3-7,18H,8-9H2,1-2H3. The highest BCUT2D eigenvalue weighted by Gasteiger charge is 2.08. The fraction of sp³-hybridized carbons (Fsp3) is 0.308. The van der Waals surface area contributed by atoms with Crippen LogP contribution in [0.15, 0.2) is 35.1 Å². The minimum atomic E-state index is 0.324. The van der Waals surface area contributed by atoms with Crippen LogP contribution < -0.4 is 0 Å². The number of hydrogen-bond acceptors (Lipinski definition) is 3. The van der Waals surface area contributed by atoms with Crippen LogP contribution in [0.1, 0.15) is 11.4 Å². The van der Waals surface area contributed by atoms with E-state index in [0.29, 0.717) is 12.3 Å². The van der Waals surface area contributed by atoms with E-state index in [4.69, 9.17) is 0 Å². The molecule has 0 saturated carbocycles. The van der Waals surface area contributed by atoms with Crippen molar-refractivity contribution in [3.05, 3.63) is 46.5 Å². The third-order valence-electron chi connectivity index (χ3n) is 2.81. The molecule has 1 aromatic heterocycles. The number of imidazole rings is 1. The first-order chi connectivity index (χ1) is 8.56. The molecule has 0 aliphatic heterocycles. The predicted octanol–water partition coefficient (Wildman–Crippen LogP) is 2.52. The molecule has 0 fully saturated rings. The minimum absolute atomic E-state index is 0.324. The minimum Gasteiger partial charge on any atom is -0.508 e. The van der Waals surface area contributed by atoms with E-state index < -0.39 is 0 Å². The molecule has 1 N–H and O–H groups in total. The van der Waals surface area contributed by atoms with Crippen molar-refractivity contribution >= 4 is 15.9 Å². The molecular formula is C13H16BrN3O. The average Bonchev–Trinajstić information content (AvgIpc) is 2.70. The van der Waals surface area contributed by atoms with Crippen LogP contribution in [-0.2, 0) is 20.1 Å². The van der Waals surface area contributed by atoms with Gasteiger partial charge in [-0.05, 0) is 25.2 Å². The van der Waals surface area contributed by atoms with Gasteiger partial charge in [0.05, 0.1) is 6.54 Å². The lowest BCUT2D eigenvalue weighted by molar-refractivity contribution is 0.301. The zero-order valence-electron chi connectivity index (χ0n) is 10.5. The number of nitrogens with zero attached hydrogens (tertiary/aromatic N) is 3. The molecule has 0 aliphatic carbocycles. The number of halogens is 1. The fourth-order valence-electron chi connectivity index (χ4n) is 1.82. The number of aromatic nitrogens is 2. The first kappa shape index (κ1) is 13.1. The first-order valence-corrected chi connectivity index (χ1v) is 6.47. The molecule has 2 aromatic rings. The van der Waals surface area contributed by atoms with Gasteiger partial charge in [-0.1, -0.05) is 15.9 Å². The lowest BCUT2D eigenvalue weighted by Crippen LogP contribution is -2.19. The summed E-state index contributed by atoms with van der Waals surface area (Å²) >= 11 is 3.41. The molecule has 0 radical (unpaired) electrons. The maximum atomic E-state index is 9.80. The summed E-state index contributed by atoms with van der Waals surface area (Å²) in [4.78, 5) is 6.40. The van der Waals surface area contributed by atoms with E-state index >= 15 is 0 Å². The van der Waals surface area contributed by atoms with Crippen LogP contribution in [0.25, 0.3) is 0 Å². The normalized spacial score (nSPS) is 11.1. The lowest BCUT2D eigenvalue weighted by atomic mass is 10.2. The van der Waals surface area contributed by atoms with Crippen molar-refractivity contribution in [2.24, 2.45) is 7.05 Å². The van der Waals surface area contributed by atoms with E-state index in [9.17, 15) is 5.11 Å². The molecule has 96 valence electrons. The Labute approximate surface area is 115 Å². The predicted molar refractivity (Wildman–Crippen MR) is 74.2 cm³/mol. The van der Waals surface area contributed by atoms with Crippen molar-refractivity contribution in [1.82, 2.24) is 14.5 Å². The highest BCUT2D eigenvalue weighted by molar-refractivity contribution is 9.10. The summed E-state index contributed by atoms with van der Waals surface area (Å²) in [5.74, 6) is 1.33. The van der Waals surface area contributed by atoms with Crippen molar-refractivity contribution in [3.63, 3.8) is 0 Å². The smallest absolute Gasteiger partial charge is 0.122 e. The van der Waals surface area contributed by atoms with E-state index in [-0.39, 0.29) is 0 Å². The molecule has 0 bridgehead atoms. The molecule has 0 amide bonds. The Kier molecular flexibility index (Phi) is 4.04. The molecule has 0 saturated heterocycles. The molecule has 2 rings (SSSR count). The van der Waals surface area contributed by atoms with E-state index in [1.54, 1.807) is 12.3 Å². The van der Waals surface area contributed by atoms with Gasteiger partial charge in [-0.15, -0.1) is 0 Å². The van der Waals surface area contributed by atoms with Gasteiger partial charge in [-0.25, -0.2) is 4.98 Å². The Bertz CT molecular complexity index is 539. The Morgan fingerprint density at radius 1 is 1.39 bits per heavy atom. The Hall–Kier alpha value is -1.33. The molecule has 0 aliphatic rings. The summed E-state index contributed by atoms with van der Waals surface area (Å²) in [5, 5.41) is 9.80. The third kappa shape index (κ3) is 3.11. The topological polar surface area (TPSA) is 41.3 Å². The van der Waals surface area contributed by atoms with Gasteiger partial charge in [-0.3, -0.25) is 4.90 Å². The van der Waals surface area contributed by atoms with Crippen molar-refractivity contribution in [2.75, 3.05) is 7.05 Å². The van der Waals surface area contributed by atoms with Crippen LogP contribution in [0.5, 0.6) is 5.75 Å². The van der Waals surface area contributed by atoms with Crippen LogP contribution in [0.4, 0.5) is 0 Å². The van der Waals surface area contributed by atoms with Crippen molar-refractivity contribution in [3.8, 4) is 5.75 Å². The van der Waals surface area contributed by atoms with Gasteiger partial charge in [0, 0.05) is 36.0 Å². The summed E-state index contributed by atoms with van der Waals surface area (Å²) < 4.78 is 2.97. The molecular weight excluding hydrogens is 294 g/mol. The van der Waals surface area contributed by atoms with Gasteiger partial charge in [0.2, 0.25) is 0 Å². The van der Waals surface area contributed by atoms with E-state index in [1.165, 1.54) is 0 Å². The summed E-state index contributed by atoms with van der Waals surface area (Å²) in [6.07, 6.45) is 3.72. The van der Waals surface area contributed by atoms with Crippen LogP contribution >= 0.6 is 15.9 Å². The SMILES string of the molecule is CN(Cc1cc(Br)ccc1O)Cc1nccn1C. The van der Waals surface area contributed by atoms with Gasteiger partial charge >= 0.3 is 0 Å². The van der Waals surface area contributed by atoms with Crippen LogP contribution in [0.2, 0.25) is 0 Å². The molecule has 0 unspecified atom stereocenters. The second-order valence-corrected chi connectivity index (χ2v) is 5.32. The summed E-state index contributed by atoms with van der Waals surface area (Å²) in [5.41, 5.74) is 0.904. The third-order valence-corrected chi connectivity index (χ3v) is 3.31. The van der Waals surface area contributed by atoms with Crippen LogP contribution in [0.3, 0.4) is 0 Å². The summed E-state index contributed by atoms with van der Waals surface area (Å²) in [6, 6.07) is 5.47. The largest absolute Gasteiger partial charge is 0.508 e. The molecule has 0 spiro atoms. The second kappa shape index (κ2) is 5.54. The summed E-state index contributed by atoms with van der Waals surface area (Å²) in [7, 11) is 3.99. The van der Waals surface area contributed by atoms with E-state index in [0.717, 1.165) is 22.4 Å². The molecule has 4 nitrogen and oxygen atoms in total. The van der Waals surface area contributed by atoms with Gasteiger partial charge in [-0.2, -0.15) is 0 Å². The highest BCUT2D eigenvalue weighted by atomic mass is 79.9. The Balaban J connectivity index is 2.05. The zero-order chi connectivity index (χ0) is 13.1. The number of phenolic OH excluding ortho intramolecular Hbond substituents is 1. The Morgan fingerprint density at radius 2 is 2.17 bits per heavy atom. The molecule has 5 heteroatoms. The number of phenols is 1. The van der Waals surface area contributed by atoms with Gasteiger partial charge in [0.1, 0.15) is 11.6 Å². The average molecular weight is 310 g/mol. The van der Waals surface area contributed by atoms with Gasteiger partial charge < -0.3 is 9.67 Å². The van der Waals surface area contributed by atoms with E-state index in [2.05, 4.69) is 25.8 Å². The number of aryl methyl sites for hydroxylation is 1.